The number of carbonyl (C=O) groups excluding carboxylic acids is 1. The molecule has 1 saturated heterocycles. The first kappa shape index (κ1) is 44.9. The van der Waals surface area contributed by atoms with Crippen molar-refractivity contribution in [1.82, 2.24) is 9.29 Å². The van der Waals surface area contributed by atoms with E-state index in [0.29, 0.717) is 29.6 Å². The zero-order chi connectivity index (χ0) is 43.2. The van der Waals surface area contributed by atoms with Gasteiger partial charge in [0.2, 0.25) is 5.91 Å². The van der Waals surface area contributed by atoms with Crippen LogP contribution in [0.2, 0.25) is 0 Å². The average molecular weight is 861 g/mol. The molecule has 0 radical (unpaired) electrons. The number of unbranched alkanes of at least 4 members (excludes halogenated alkanes) is 2. The minimum absolute atomic E-state index is 0.0451. The third kappa shape index (κ3) is 10.7. The molecule has 5 atom stereocenters. The number of fused-ring (bicyclic) bond motifs is 1. The molecule has 0 bridgehead atoms. The highest BCUT2D eigenvalue weighted by Gasteiger charge is 2.62. The quantitative estimate of drug-likeness (QED) is 0.0670. The highest BCUT2D eigenvalue weighted by molar-refractivity contribution is 7.90. The number of aromatic nitrogens is 1. The highest BCUT2D eigenvalue weighted by Crippen LogP contribution is 2.49. The lowest BCUT2D eigenvalue weighted by molar-refractivity contribution is -0.373. The molecule has 1 fully saturated rings. The first-order chi connectivity index (χ1) is 30.3. The molecule has 5 aromatic carbocycles. The van der Waals surface area contributed by atoms with Crippen molar-refractivity contribution < 1.29 is 41.6 Å². The van der Waals surface area contributed by atoms with E-state index in [-0.39, 0.29) is 43.8 Å². The van der Waals surface area contributed by atoms with Crippen molar-refractivity contribution in [3.8, 4) is 0 Å². The Hall–Kier alpha value is -5.18. The minimum atomic E-state index is -4.11. The largest absolute Gasteiger partial charge is 0.379 e. The fourth-order valence-corrected chi connectivity index (χ4v) is 9.31. The summed E-state index contributed by atoms with van der Waals surface area (Å²) in [6.45, 7) is 5.37. The molecule has 7 rings (SSSR count). The number of hydrogen-bond donors (Lipinski definition) is 1. The SMILES string of the molecule is CCO[C@H]1O[C@H](COCCCCCNC(C)=O)[C@@H](OCc2ccccc2)[C@H](OCc2ccccc2)[C@]1(OCc1ccccc1)c1cn(S(=O)(=O)c2ccccc2)c2ccccc12. The van der Waals surface area contributed by atoms with E-state index in [1.807, 2.05) is 116 Å². The van der Waals surface area contributed by atoms with E-state index >= 15 is 0 Å². The molecule has 0 spiro atoms. The van der Waals surface area contributed by atoms with Gasteiger partial charge in [-0.2, -0.15) is 0 Å². The van der Waals surface area contributed by atoms with Gasteiger partial charge in [0.1, 0.15) is 18.3 Å². The maximum Gasteiger partial charge on any atom is 0.268 e. The zero-order valence-electron chi connectivity index (χ0n) is 35.3. The monoisotopic (exact) mass is 860 g/mol. The smallest absolute Gasteiger partial charge is 0.268 e. The first-order valence-corrected chi connectivity index (χ1v) is 22.7. The maximum absolute atomic E-state index is 14.6. The third-order valence-electron chi connectivity index (χ3n) is 11.0. The normalized spacial score (nSPS) is 20.3. The van der Waals surface area contributed by atoms with E-state index in [9.17, 15) is 13.2 Å². The molecule has 62 heavy (non-hydrogen) atoms. The van der Waals surface area contributed by atoms with Gasteiger partial charge in [0.25, 0.3) is 10.0 Å². The van der Waals surface area contributed by atoms with Crippen molar-refractivity contribution in [2.75, 3.05) is 26.4 Å². The van der Waals surface area contributed by atoms with Crippen molar-refractivity contribution in [3.63, 3.8) is 0 Å². The maximum atomic E-state index is 14.6. The van der Waals surface area contributed by atoms with Gasteiger partial charge in [-0.25, -0.2) is 12.4 Å². The van der Waals surface area contributed by atoms with Gasteiger partial charge in [0, 0.05) is 43.8 Å². The molecule has 326 valence electrons. The van der Waals surface area contributed by atoms with Crippen LogP contribution in [0.15, 0.2) is 157 Å². The number of ether oxygens (including phenoxy) is 6. The van der Waals surface area contributed by atoms with Crippen LogP contribution < -0.4 is 5.32 Å². The summed E-state index contributed by atoms with van der Waals surface area (Å²) in [7, 11) is -4.11. The number of rotatable bonds is 22. The predicted molar refractivity (Wildman–Crippen MR) is 238 cm³/mol. The van der Waals surface area contributed by atoms with Crippen LogP contribution in [-0.2, 0) is 68.7 Å². The summed E-state index contributed by atoms with van der Waals surface area (Å²) in [5.74, 6) is -0.0451. The van der Waals surface area contributed by atoms with Crippen LogP contribution in [0.3, 0.4) is 0 Å². The molecular formula is C50H56N2O9S. The van der Waals surface area contributed by atoms with E-state index in [2.05, 4.69) is 5.32 Å². The van der Waals surface area contributed by atoms with Crippen LogP contribution in [0.25, 0.3) is 10.9 Å². The Kier molecular flexibility index (Phi) is 15.7. The average Bonchev–Trinajstić information content (AvgIpc) is 3.71. The second-order valence-corrected chi connectivity index (χ2v) is 17.1. The number of benzene rings is 5. The van der Waals surface area contributed by atoms with Crippen LogP contribution in [0.1, 0.15) is 55.4 Å². The van der Waals surface area contributed by atoms with Crippen molar-refractivity contribution in [2.24, 2.45) is 0 Å². The van der Waals surface area contributed by atoms with E-state index in [0.717, 1.165) is 36.0 Å². The van der Waals surface area contributed by atoms with Gasteiger partial charge in [-0.3, -0.25) is 4.79 Å². The Bertz CT molecular complexity index is 2400. The molecule has 1 aliphatic heterocycles. The van der Waals surface area contributed by atoms with Gasteiger partial charge in [-0.1, -0.05) is 127 Å². The lowest BCUT2D eigenvalue weighted by Gasteiger charge is -2.53. The molecular weight excluding hydrogens is 805 g/mol. The number of amides is 1. The zero-order valence-corrected chi connectivity index (χ0v) is 36.2. The Morgan fingerprint density at radius 1 is 0.710 bits per heavy atom. The summed E-state index contributed by atoms with van der Waals surface area (Å²) in [6, 6.07) is 45.3. The van der Waals surface area contributed by atoms with E-state index in [1.165, 1.54) is 10.9 Å². The summed E-state index contributed by atoms with van der Waals surface area (Å²) in [5.41, 5.74) is 2.09. The summed E-state index contributed by atoms with van der Waals surface area (Å²) in [6.07, 6.45) is 0.523. The van der Waals surface area contributed by atoms with Crippen molar-refractivity contribution in [3.05, 3.63) is 174 Å². The van der Waals surface area contributed by atoms with Gasteiger partial charge < -0.3 is 33.7 Å². The Labute approximate surface area is 364 Å². The molecule has 1 N–H and O–H groups in total. The van der Waals surface area contributed by atoms with Gasteiger partial charge in [-0.15, -0.1) is 0 Å². The van der Waals surface area contributed by atoms with Crippen molar-refractivity contribution >= 4 is 26.8 Å². The highest BCUT2D eigenvalue weighted by atomic mass is 32.2. The Morgan fingerprint density at radius 2 is 1.29 bits per heavy atom. The molecule has 2 heterocycles. The first-order valence-electron chi connectivity index (χ1n) is 21.3. The lowest BCUT2D eigenvalue weighted by atomic mass is 9.79. The topological polar surface area (TPSA) is 124 Å². The molecule has 0 saturated carbocycles. The standard InChI is InChI=1S/C50H56N2O9S/c1-3-57-49-50(60-36-41-25-13-6-14-26-41,44-33-52(45-30-18-17-29-43(44)45)62(54,55)42-27-15-7-16-28-42)48(59-35-40-23-11-5-12-24-40)47(58-34-39-21-9-4-10-22-39)46(61-49)37-56-32-20-8-19-31-51-38(2)53/h4-7,9-18,21-30,33,46-49H,3,8,19-20,31-32,34-37H2,1-2H3,(H,51,53)/t46-,47-,48+,49+,50-/m1/s1. The van der Waals surface area contributed by atoms with Crippen molar-refractivity contribution in [2.45, 2.75) is 88.0 Å². The van der Waals surface area contributed by atoms with Crippen LogP contribution in [-0.4, -0.2) is 69.3 Å². The molecule has 0 aliphatic carbocycles. The van der Waals surface area contributed by atoms with Crippen LogP contribution >= 0.6 is 0 Å². The number of para-hydroxylation sites is 1. The fraction of sp³-hybridized carbons (Fsp3) is 0.340. The van der Waals surface area contributed by atoms with E-state index < -0.39 is 40.2 Å². The summed E-state index contributed by atoms with van der Waals surface area (Å²) in [5, 5.41) is 3.47. The van der Waals surface area contributed by atoms with Gasteiger partial charge >= 0.3 is 0 Å². The number of nitrogens with one attached hydrogen (secondary N) is 1. The van der Waals surface area contributed by atoms with Crippen molar-refractivity contribution in [1.29, 1.82) is 0 Å². The molecule has 6 aromatic rings. The Balaban J connectivity index is 1.38. The van der Waals surface area contributed by atoms with Gasteiger partial charge in [-0.05, 0) is 61.1 Å². The van der Waals surface area contributed by atoms with E-state index in [4.69, 9.17) is 28.4 Å². The molecule has 1 amide bonds. The van der Waals surface area contributed by atoms with Crippen LogP contribution in [0.4, 0.5) is 0 Å². The number of carbonyl (C=O) groups is 1. The second kappa shape index (κ2) is 21.8. The second-order valence-electron chi connectivity index (χ2n) is 15.3. The minimum Gasteiger partial charge on any atom is -0.379 e. The summed E-state index contributed by atoms with van der Waals surface area (Å²) in [4.78, 5) is 11.5. The molecule has 0 unspecified atom stereocenters. The summed E-state index contributed by atoms with van der Waals surface area (Å²) < 4.78 is 72.2. The number of hydrogen-bond acceptors (Lipinski definition) is 9. The molecule has 12 heteroatoms. The molecule has 11 nitrogen and oxygen atoms in total. The van der Waals surface area contributed by atoms with Crippen LogP contribution in [0, 0.1) is 0 Å². The Morgan fingerprint density at radius 3 is 1.92 bits per heavy atom. The molecule has 1 aromatic heterocycles. The number of nitrogens with zero attached hydrogens (tertiary/aromatic N) is 1. The lowest BCUT2D eigenvalue weighted by Crippen LogP contribution is -2.67. The molecule has 1 aliphatic rings. The van der Waals surface area contributed by atoms with Crippen LogP contribution in [0.5, 0.6) is 0 Å². The fourth-order valence-electron chi connectivity index (χ4n) is 7.92. The summed E-state index contributed by atoms with van der Waals surface area (Å²) >= 11 is 0. The predicted octanol–water partition coefficient (Wildman–Crippen LogP) is 8.55. The third-order valence-corrected chi connectivity index (χ3v) is 12.6. The van der Waals surface area contributed by atoms with E-state index in [1.54, 1.807) is 42.6 Å². The van der Waals surface area contributed by atoms with Gasteiger partial charge in [0.15, 0.2) is 11.9 Å². The van der Waals surface area contributed by atoms with Gasteiger partial charge in [0.05, 0.1) is 36.8 Å².